The molecule has 1 saturated carbocycles. The summed E-state index contributed by atoms with van der Waals surface area (Å²) in [5.41, 5.74) is -5.27. The summed E-state index contributed by atoms with van der Waals surface area (Å²) in [6.45, 7) is -0.966. The molecule has 0 aliphatic heterocycles. The van der Waals surface area contributed by atoms with Crippen LogP contribution in [0.1, 0.15) is 49.4 Å². The molecule has 1 fully saturated rings. The molecule has 4 aromatic rings. The van der Waals surface area contributed by atoms with Gasteiger partial charge in [-0.15, -0.1) is 5.10 Å². The molecule has 1 atom stereocenters. The molecule has 194 valence electrons. The summed E-state index contributed by atoms with van der Waals surface area (Å²) >= 11 is 0. The number of tetrazole rings is 1. The van der Waals surface area contributed by atoms with Crippen molar-refractivity contribution in [1.29, 1.82) is 0 Å². The average molecular weight is 518 g/mol. The van der Waals surface area contributed by atoms with Gasteiger partial charge < -0.3 is 5.11 Å². The van der Waals surface area contributed by atoms with Crippen LogP contribution in [0.5, 0.6) is 0 Å². The number of halogens is 4. The number of aromatic nitrogens is 8. The first-order valence-electron chi connectivity index (χ1n) is 11.6. The zero-order chi connectivity index (χ0) is 26.2. The molecule has 1 aromatic carbocycles. The van der Waals surface area contributed by atoms with E-state index in [4.69, 9.17) is 0 Å². The van der Waals surface area contributed by atoms with Gasteiger partial charge in [0.1, 0.15) is 30.0 Å². The topological polar surface area (TPSA) is 117 Å². The third-order valence-electron chi connectivity index (χ3n) is 6.64. The maximum Gasteiger partial charge on any atom is 0.350 e. The van der Waals surface area contributed by atoms with Crippen molar-refractivity contribution in [3.8, 4) is 5.69 Å². The average Bonchev–Trinajstić information content (AvgIpc) is 3.54. The Hall–Kier alpha value is -3.94. The van der Waals surface area contributed by atoms with Gasteiger partial charge in [0.25, 0.3) is 0 Å². The number of benzene rings is 1. The fourth-order valence-electron chi connectivity index (χ4n) is 4.66. The van der Waals surface area contributed by atoms with Crippen molar-refractivity contribution < 1.29 is 22.7 Å². The quantitative estimate of drug-likeness (QED) is 0.374. The lowest BCUT2D eigenvalue weighted by atomic mass is 9.84. The first-order valence-corrected chi connectivity index (χ1v) is 11.6. The third kappa shape index (κ3) is 4.41. The van der Waals surface area contributed by atoms with E-state index in [1.165, 1.54) is 21.6 Å². The first-order chi connectivity index (χ1) is 17.7. The highest BCUT2D eigenvalue weighted by atomic mass is 19.3. The normalized spacial score (nSPS) is 16.6. The molecule has 5 rings (SSSR count). The number of nitrogens with zero attached hydrogens (tertiary/aromatic N) is 8. The van der Waals surface area contributed by atoms with Crippen molar-refractivity contribution >= 4 is 0 Å². The second-order valence-corrected chi connectivity index (χ2v) is 8.99. The van der Waals surface area contributed by atoms with Crippen LogP contribution in [0.2, 0.25) is 0 Å². The first kappa shape index (κ1) is 24.7. The van der Waals surface area contributed by atoms with E-state index in [9.17, 15) is 18.7 Å². The summed E-state index contributed by atoms with van der Waals surface area (Å²) in [4.78, 5) is 16.7. The van der Waals surface area contributed by atoms with Crippen LogP contribution >= 0.6 is 0 Å². The number of hydrogen-bond donors (Lipinski definition) is 1. The number of rotatable bonds is 7. The van der Waals surface area contributed by atoms with E-state index in [2.05, 4.69) is 25.6 Å². The molecule has 0 saturated heterocycles. The molecule has 0 spiro atoms. The minimum atomic E-state index is -4.20. The molecule has 0 bridgehead atoms. The second kappa shape index (κ2) is 9.50. The molecule has 37 heavy (non-hydrogen) atoms. The van der Waals surface area contributed by atoms with Crippen LogP contribution < -0.4 is 5.69 Å². The molecule has 3 heterocycles. The summed E-state index contributed by atoms with van der Waals surface area (Å²) in [6.07, 6.45) is 8.07. The Balaban J connectivity index is 1.50. The molecule has 0 amide bonds. The number of pyridine rings is 1. The molecule has 1 N–H and O–H groups in total. The van der Waals surface area contributed by atoms with Crippen LogP contribution in [0.25, 0.3) is 5.69 Å². The minimum absolute atomic E-state index is 0.0223. The fraction of sp³-hybridized carbons (Fsp3) is 0.391. The largest absolute Gasteiger partial charge is 0.377 e. The molecular formula is C23H22F4N8O2. The molecule has 0 radical (unpaired) electrons. The van der Waals surface area contributed by atoms with Crippen LogP contribution in [-0.4, -0.2) is 44.6 Å². The monoisotopic (exact) mass is 518 g/mol. The maximum atomic E-state index is 15.9. The summed E-state index contributed by atoms with van der Waals surface area (Å²) in [7, 11) is 0. The standard InChI is InChI=1S/C23H22F4N8O2/c24-15-6-8-18(19(25)10-15)22(37,12-33-13-29-31-32-33)23(26,27)20-9-7-17(11-28-20)34-14-30-35(21(34)36)16-4-2-1-3-5-16/h6-11,13-14,16,37H,1-5,12H2. The molecule has 14 heteroatoms. The van der Waals surface area contributed by atoms with E-state index in [0.29, 0.717) is 6.07 Å². The molecule has 1 aliphatic carbocycles. The molecule has 3 aromatic heterocycles. The Labute approximate surface area is 207 Å². The lowest BCUT2D eigenvalue weighted by Gasteiger charge is -2.35. The van der Waals surface area contributed by atoms with Gasteiger partial charge >= 0.3 is 11.6 Å². The van der Waals surface area contributed by atoms with Crippen LogP contribution in [0, 0.1) is 11.6 Å². The zero-order valence-electron chi connectivity index (χ0n) is 19.4. The van der Waals surface area contributed by atoms with Gasteiger partial charge in [-0.3, -0.25) is 4.98 Å². The van der Waals surface area contributed by atoms with Gasteiger partial charge in [0.05, 0.1) is 24.5 Å². The summed E-state index contributed by atoms with van der Waals surface area (Å²) in [5.74, 6) is -6.59. The van der Waals surface area contributed by atoms with Crippen molar-refractivity contribution in [2.45, 2.75) is 56.2 Å². The highest BCUT2D eigenvalue weighted by molar-refractivity contribution is 5.34. The number of aliphatic hydroxyl groups is 1. The van der Waals surface area contributed by atoms with Gasteiger partial charge in [0.15, 0.2) is 5.60 Å². The SMILES string of the molecule is O=c1n(-c2ccc(C(F)(F)C(O)(Cn3cnnn3)c3ccc(F)cc3F)nc2)cnn1C1CCCCC1. The Kier molecular flexibility index (Phi) is 6.35. The maximum absolute atomic E-state index is 15.9. The fourth-order valence-corrected chi connectivity index (χ4v) is 4.66. The van der Waals surface area contributed by atoms with Gasteiger partial charge in [0, 0.05) is 11.6 Å². The van der Waals surface area contributed by atoms with Gasteiger partial charge in [0.2, 0.25) is 0 Å². The second-order valence-electron chi connectivity index (χ2n) is 8.99. The minimum Gasteiger partial charge on any atom is -0.377 e. The third-order valence-corrected chi connectivity index (χ3v) is 6.64. The van der Waals surface area contributed by atoms with Gasteiger partial charge in [-0.05, 0) is 47.5 Å². The Morgan fingerprint density at radius 2 is 1.84 bits per heavy atom. The van der Waals surface area contributed by atoms with Crippen molar-refractivity contribution in [3.05, 3.63) is 82.6 Å². The van der Waals surface area contributed by atoms with Gasteiger partial charge in [-0.25, -0.2) is 27.5 Å². The van der Waals surface area contributed by atoms with E-state index >= 15 is 8.78 Å². The molecule has 10 nitrogen and oxygen atoms in total. The molecule has 1 unspecified atom stereocenters. The Morgan fingerprint density at radius 3 is 2.49 bits per heavy atom. The van der Waals surface area contributed by atoms with Crippen LogP contribution in [-0.2, 0) is 18.1 Å². The summed E-state index contributed by atoms with van der Waals surface area (Å²) < 4.78 is 63.3. The van der Waals surface area contributed by atoms with E-state index in [0.717, 1.165) is 67.5 Å². The van der Waals surface area contributed by atoms with Crippen LogP contribution in [0.4, 0.5) is 17.6 Å². The van der Waals surface area contributed by atoms with E-state index < -0.39 is 46.6 Å². The van der Waals surface area contributed by atoms with E-state index in [1.807, 2.05) is 0 Å². The lowest BCUT2D eigenvalue weighted by molar-refractivity contribution is -0.207. The van der Waals surface area contributed by atoms with Crippen molar-refractivity contribution in [3.63, 3.8) is 0 Å². The number of hydrogen-bond acceptors (Lipinski definition) is 7. The van der Waals surface area contributed by atoms with Crippen LogP contribution in [0.15, 0.2) is 54.0 Å². The van der Waals surface area contributed by atoms with Crippen molar-refractivity contribution in [2.24, 2.45) is 0 Å². The predicted molar refractivity (Wildman–Crippen MR) is 120 cm³/mol. The van der Waals surface area contributed by atoms with E-state index in [1.54, 1.807) is 0 Å². The Bertz CT molecular complexity index is 1430. The molecule has 1 aliphatic rings. The van der Waals surface area contributed by atoms with Crippen molar-refractivity contribution in [2.75, 3.05) is 0 Å². The number of alkyl halides is 2. The molecular weight excluding hydrogens is 496 g/mol. The van der Waals surface area contributed by atoms with Gasteiger partial charge in [-0.2, -0.15) is 13.9 Å². The summed E-state index contributed by atoms with van der Waals surface area (Å²) in [6, 6.07) is 4.01. The highest BCUT2D eigenvalue weighted by Crippen LogP contribution is 2.46. The van der Waals surface area contributed by atoms with E-state index in [-0.39, 0.29) is 11.7 Å². The summed E-state index contributed by atoms with van der Waals surface area (Å²) in [5, 5.41) is 25.6. The Morgan fingerprint density at radius 1 is 1.05 bits per heavy atom. The van der Waals surface area contributed by atoms with Gasteiger partial charge in [-0.1, -0.05) is 19.3 Å². The predicted octanol–water partition coefficient (Wildman–Crippen LogP) is 2.88. The highest BCUT2D eigenvalue weighted by Gasteiger charge is 2.58. The van der Waals surface area contributed by atoms with Crippen LogP contribution in [0.3, 0.4) is 0 Å². The lowest BCUT2D eigenvalue weighted by Crippen LogP contribution is -2.48. The smallest absolute Gasteiger partial charge is 0.350 e. The van der Waals surface area contributed by atoms with Crippen molar-refractivity contribution in [1.82, 2.24) is 39.5 Å². The zero-order valence-corrected chi connectivity index (χ0v) is 19.4.